The molecule has 26 heavy (non-hydrogen) atoms. The number of carbonyl (C=O) groups excluding carboxylic acids is 2. The molecule has 3 N–H and O–H groups in total. The molecule has 1 aromatic heterocycles. The van der Waals surface area contributed by atoms with Gasteiger partial charge in [0.05, 0.1) is 6.54 Å². The van der Waals surface area contributed by atoms with Gasteiger partial charge in [-0.25, -0.2) is 4.79 Å². The van der Waals surface area contributed by atoms with E-state index < -0.39 is 17.9 Å². The fourth-order valence-electron chi connectivity index (χ4n) is 2.40. The van der Waals surface area contributed by atoms with E-state index in [1.165, 1.54) is 12.1 Å². The van der Waals surface area contributed by atoms with Crippen molar-refractivity contribution < 1.29 is 23.9 Å². The van der Waals surface area contributed by atoms with Gasteiger partial charge in [0.25, 0.3) is 0 Å². The van der Waals surface area contributed by atoms with Gasteiger partial charge in [0.15, 0.2) is 0 Å². The second-order valence-corrected chi connectivity index (χ2v) is 6.30. The van der Waals surface area contributed by atoms with Gasteiger partial charge in [-0.15, -0.1) is 0 Å². The van der Waals surface area contributed by atoms with Crippen molar-refractivity contribution in [2.75, 3.05) is 0 Å². The number of benzene rings is 1. The summed E-state index contributed by atoms with van der Waals surface area (Å²) in [5.74, 6) is -1.50. The number of rotatable bonds is 8. The zero-order valence-electron chi connectivity index (χ0n) is 14.7. The summed E-state index contributed by atoms with van der Waals surface area (Å²) in [6.07, 6.45) is 0.316. The molecule has 1 aromatic carbocycles. The highest BCUT2D eigenvalue weighted by Crippen LogP contribution is 2.15. The molecule has 0 saturated carbocycles. The van der Waals surface area contributed by atoms with Crippen LogP contribution in [0.15, 0.2) is 46.9 Å². The summed E-state index contributed by atoms with van der Waals surface area (Å²) in [7, 11) is 0. The zero-order valence-corrected chi connectivity index (χ0v) is 14.7. The minimum atomic E-state index is -1.18. The van der Waals surface area contributed by atoms with Crippen LogP contribution in [-0.2, 0) is 16.1 Å². The Hall–Kier alpha value is -3.09. The molecule has 0 saturated heterocycles. The Kier molecular flexibility index (Phi) is 6.54. The van der Waals surface area contributed by atoms with Crippen molar-refractivity contribution >= 4 is 17.8 Å². The molecule has 1 unspecified atom stereocenters. The van der Waals surface area contributed by atoms with Crippen LogP contribution in [0.4, 0.5) is 0 Å². The Morgan fingerprint density at radius 2 is 1.77 bits per heavy atom. The summed E-state index contributed by atoms with van der Waals surface area (Å²) in [5, 5.41) is 14.3. The molecule has 2 aromatic rings. The first kappa shape index (κ1) is 19.2. The Bertz CT molecular complexity index is 767. The lowest BCUT2D eigenvalue weighted by Gasteiger charge is -2.19. The average molecular weight is 358 g/mol. The first-order valence-corrected chi connectivity index (χ1v) is 8.31. The van der Waals surface area contributed by atoms with Crippen molar-refractivity contribution in [3.63, 3.8) is 0 Å². The van der Waals surface area contributed by atoms with Crippen molar-refractivity contribution in [2.24, 2.45) is 5.92 Å². The summed E-state index contributed by atoms with van der Waals surface area (Å²) in [5.41, 5.74) is 0.660. The quantitative estimate of drug-likeness (QED) is 0.672. The molecule has 0 fully saturated rings. The molecule has 2 amide bonds. The maximum Gasteiger partial charge on any atom is 0.371 e. The molecule has 7 heteroatoms. The molecule has 1 atom stereocenters. The van der Waals surface area contributed by atoms with E-state index in [2.05, 4.69) is 10.6 Å². The van der Waals surface area contributed by atoms with Crippen LogP contribution in [0.1, 0.15) is 48.2 Å². The number of nitrogens with one attached hydrogen (secondary N) is 2. The van der Waals surface area contributed by atoms with Crippen molar-refractivity contribution in [2.45, 2.75) is 32.9 Å². The minimum absolute atomic E-state index is 0.0233. The third-order valence-electron chi connectivity index (χ3n) is 3.60. The first-order chi connectivity index (χ1) is 12.4. The van der Waals surface area contributed by atoms with Gasteiger partial charge < -0.3 is 20.2 Å². The monoisotopic (exact) mass is 358 g/mol. The van der Waals surface area contributed by atoms with Crippen molar-refractivity contribution in [1.82, 2.24) is 10.6 Å². The van der Waals surface area contributed by atoms with Crippen LogP contribution < -0.4 is 10.6 Å². The SMILES string of the molecule is CC(C)CC(=O)NC(C(=O)NCc1ccc(C(=O)O)o1)c1ccccc1. The lowest BCUT2D eigenvalue weighted by molar-refractivity contribution is -0.129. The Morgan fingerprint density at radius 1 is 1.08 bits per heavy atom. The van der Waals surface area contributed by atoms with Crippen LogP contribution in [0.3, 0.4) is 0 Å². The smallest absolute Gasteiger partial charge is 0.371 e. The number of furan rings is 1. The van der Waals surface area contributed by atoms with Crippen LogP contribution in [-0.4, -0.2) is 22.9 Å². The average Bonchev–Trinajstić information content (AvgIpc) is 3.07. The predicted octanol–water partition coefficient (Wildman–Crippen LogP) is 2.50. The third-order valence-corrected chi connectivity index (χ3v) is 3.60. The van der Waals surface area contributed by atoms with E-state index in [-0.39, 0.29) is 24.1 Å². The first-order valence-electron chi connectivity index (χ1n) is 8.31. The maximum absolute atomic E-state index is 12.6. The lowest BCUT2D eigenvalue weighted by atomic mass is 10.0. The third kappa shape index (κ3) is 5.47. The number of aromatic carboxylic acids is 1. The van der Waals surface area contributed by atoms with E-state index >= 15 is 0 Å². The summed E-state index contributed by atoms with van der Waals surface area (Å²) in [4.78, 5) is 35.5. The van der Waals surface area contributed by atoms with Crippen LogP contribution in [0.25, 0.3) is 0 Å². The number of hydrogen-bond donors (Lipinski definition) is 3. The van der Waals surface area contributed by atoms with Crippen molar-refractivity contribution in [1.29, 1.82) is 0 Å². The Labute approximate surface area is 151 Å². The molecular formula is C19H22N2O5. The molecule has 0 aliphatic carbocycles. The minimum Gasteiger partial charge on any atom is -0.475 e. The summed E-state index contributed by atoms with van der Waals surface area (Å²) < 4.78 is 5.11. The highest BCUT2D eigenvalue weighted by Gasteiger charge is 2.23. The van der Waals surface area contributed by atoms with Crippen molar-refractivity contribution in [3.8, 4) is 0 Å². The zero-order chi connectivity index (χ0) is 19.1. The molecule has 0 aliphatic heterocycles. The van der Waals surface area contributed by atoms with E-state index in [1.807, 2.05) is 19.9 Å². The van der Waals surface area contributed by atoms with E-state index in [9.17, 15) is 14.4 Å². The summed E-state index contributed by atoms with van der Waals surface area (Å²) >= 11 is 0. The number of hydrogen-bond acceptors (Lipinski definition) is 4. The molecule has 0 spiro atoms. The summed E-state index contributed by atoms with van der Waals surface area (Å²) in [6.45, 7) is 3.87. The molecule has 2 rings (SSSR count). The number of carboxylic acid groups (broad SMARTS) is 1. The van der Waals surface area contributed by atoms with Gasteiger partial charge in [0.1, 0.15) is 11.8 Å². The Morgan fingerprint density at radius 3 is 2.35 bits per heavy atom. The van der Waals surface area contributed by atoms with Crippen LogP contribution >= 0.6 is 0 Å². The molecule has 138 valence electrons. The molecule has 0 aliphatic rings. The van der Waals surface area contributed by atoms with Crippen LogP contribution in [0, 0.1) is 5.92 Å². The standard InChI is InChI=1S/C19H22N2O5/c1-12(2)10-16(22)21-17(13-6-4-3-5-7-13)18(23)20-11-14-8-9-15(26-14)19(24)25/h3-9,12,17H,10-11H2,1-2H3,(H,20,23)(H,21,22)(H,24,25). The summed E-state index contributed by atoms with van der Waals surface area (Å²) in [6, 6.07) is 10.9. The highest BCUT2D eigenvalue weighted by atomic mass is 16.4. The van der Waals surface area contributed by atoms with Gasteiger partial charge >= 0.3 is 5.97 Å². The van der Waals surface area contributed by atoms with Gasteiger partial charge in [-0.1, -0.05) is 44.2 Å². The van der Waals surface area contributed by atoms with Gasteiger partial charge in [0.2, 0.25) is 17.6 Å². The van der Waals surface area contributed by atoms with Gasteiger partial charge in [0, 0.05) is 6.42 Å². The fourth-order valence-corrected chi connectivity index (χ4v) is 2.40. The normalized spacial score (nSPS) is 11.8. The van der Waals surface area contributed by atoms with Crippen LogP contribution in [0.2, 0.25) is 0 Å². The predicted molar refractivity (Wildman–Crippen MR) is 94.3 cm³/mol. The van der Waals surface area contributed by atoms with E-state index in [1.54, 1.807) is 24.3 Å². The molecule has 0 bridgehead atoms. The highest BCUT2D eigenvalue weighted by molar-refractivity contribution is 5.88. The maximum atomic E-state index is 12.6. The number of carbonyl (C=O) groups is 3. The number of carboxylic acids is 1. The van der Waals surface area contributed by atoms with E-state index in [4.69, 9.17) is 9.52 Å². The largest absolute Gasteiger partial charge is 0.475 e. The second-order valence-electron chi connectivity index (χ2n) is 6.30. The molecular weight excluding hydrogens is 336 g/mol. The molecule has 1 heterocycles. The van der Waals surface area contributed by atoms with E-state index in [0.717, 1.165) is 0 Å². The fraction of sp³-hybridized carbons (Fsp3) is 0.316. The topological polar surface area (TPSA) is 109 Å². The van der Waals surface area contributed by atoms with Gasteiger partial charge in [-0.05, 0) is 23.6 Å². The number of amides is 2. The molecule has 0 radical (unpaired) electrons. The second kappa shape index (κ2) is 8.84. The van der Waals surface area contributed by atoms with Gasteiger partial charge in [-0.3, -0.25) is 9.59 Å². The van der Waals surface area contributed by atoms with Crippen molar-refractivity contribution in [3.05, 3.63) is 59.5 Å². The van der Waals surface area contributed by atoms with Gasteiger partial charge in [-0.2, -0.15) is 0 Å². The molecule has 7 nitrogen and oxygen atoms in total. The Balaban J connectivity index is 2.06. The van der Waals surface area contributed by atoms with E-state index in [0.29, 0.717) is 17.7 Å². The lowest BCUT2D eigenvalue weighted by Crippen LogP contribution is -2.40. The van der Waals surface area contributed by atoms with Crippen LogP contribution in [0.5, 0.6) is 0 Å².